The van der Waals surface area contributed by atoms with Crippen molar-refractivity contribution in [3.8, 4) is 11.4 Å². The van der Waals surface area contributed by atoms with Crippen LogP contribution in [0, 0.1) is 0 Å². The highest BCUT2D eigenvalue weighted by Crippen LogP contribution is 2.30. The standard InChI is InChI=1S/C18H12Cl3N5O2/c19-10-3-1-9(2-4-10)16-23-18-24-17(28)14(26(18)25-16)8-15(27)22-13-6-5-11(20)7-12(13)21/h1-7,14H,8H2,(H,22,27)(H,23,24,25,28). The maximum absolute atomic E-state index is 12.4. The Morgan fingerprint density at radius 3 is 2.54 bits per heavy atom. The fraction of sp³-hybridized carbons (Fsp3) is 0.111. The number of nitrogens with one attached hydrogen (secondary N) is 2. The largest absolute Gasteiger partial charge is 0.325 e. The second kappa shape index (κ2) is 7.43. The Hall–Kier alpha value is -2.61. The van der Waals surface area contributed by atoms with Gasteiger partial charge in [0.05, 0.1) is 17.1 Å². The summed E-state index contributed by atoms with van der Waals surface area (Å²) in [5.74, 6) is -0.0223. The highest BCUT2D eigenvalue weighted by Gasteiger charge is 2.35. The maximum atomic E-state index is 12.4. The minimum absolute atomic E-state index is 0.124. The fourth-order valence-electron chi connectivity index (χ4n) is 2.80. The van der Waals surface area contributed by atoms with Gasteiger partial charge in [-0.2, -0.15) is 4.98 Å². The molecule has 3 aromatic rings. The van der Waals surface area contributed by atoms with Gasteiger partial charge in [-0.15, -0.1) is 5.10 Å². The van der Waals surface area contributed by atoms with E-state index in [1.807, 2.05) is 0 Å². The van der Waals surface area contributed by atoms with Crippen LogP contribution in [-0.2, 0) is 9.59 Å². The molecule has 10 heteroatoms. The van der Waals surface area contributed by atoms with Crippen molar-refractivity contribution in [1.82, 2.24) is 14.8 Å². The van der Waals surface area contributed by atoms with Crippen molar-refractivity contribution in [2.75, 3.05) is 10.6 Å². The molecular weight excluding hydrogens is 425 g/mol. The second-order valence-corrected chi connectivity index (χ2v) is 7.37. The van der Waals surface area contributed by atoms with Gasteiger partial charge in [-0.3, -0.25) is 14.9 Å². The third kappa shape index (κ3) is 3.69. The Morgan fingerprint density at radius 2 is 1.82 bits per heavy atom. The van der Waals surface area contributed by atoms with Crippen LogP contribution in [0.25, 0.3) is 11.4 Å². The number of rotatable bonds is 4. The zero-order chi connectivity index (χ0) is 19.8. The highest BCUT2D eigenvalue weighted by molar-refractivity contribution is 6.36. The molecule has 2 N–H and O–H groups in total. The lowest BCUT2D eigenvalue weighted by Gasteiger charge is -2.11. The van der Waals surface area contributed by atoms with Crippen molar-refractivity contribution >= 4 is 58.3 Å². The van der Waals surface area contributed by atoms with E-state index in [2.05, 4.69) is 20.7 Å². The molecule has 142 valence electrons. The molecule has 2 heterocycles. The summed E-state index contributed by atoms with van der Waals surface area (Å²) in [6, 6.07) is 10.9. The van der Waals surface area contributed by atoms with Gasteiger partial charge in [0.25, 0.3) is 5.91 Å². The summed E-state index contributed by atoms with van der Waals surface area (Å²) >= 11 is 17.8. The van der Waals surface area contributed by atoms with Crippen molar-refractivity contribution in [1.29, 1.82) is 0 Å². The molecule has 1 aliphatic heterocycles. The first-order chi connectivity index (χ1) is 13.4. The van der Waals surface area contributed by atoms with Crippen LogP contribution < -0.4 is 10.6 Å². The topological polar surface area (TPSA) is 88.9 Å². The van der Waals surface area contributed by atoms with E-state index in [-0.39, 0.29) is 24.2 Å². The van der Waals surface area contributed by atoms with Gasteiger partial charge in [0.1, 0.15) is 6.04 Å². The molecule has 1 aliphatic rings. The van der Waals surface area contributed by atoms with Crippen molar-refractivity contribution in [2.24, 2.45) is 0 Å². The Morgan fingerprint density at radius 1 is 1.11 bits per heavy atom. The number of nitrogens with zero attached hydrogens (tertiary/aromatic N) is 3. The number of benzene rings is 2. The van der Waals surface area contributed by atoms with Crippen LogP contribution >= 0.6 is 34.8 Å². The highest BCUT2D eigenvalue weighted by atomic mass is 35.5. The third-order valence-electron chi connectivity index (χ3n) is 4.15. The first-order valence-corrected chi connectivity index (χ1v) is 9.32. The smallest absolute Gasteiger partial charge is 0.252 e. The number of hydrogen-bond donors (Lipinski definition) is 2. The molecule has 2 amide bonds. The molecule has 0 fully saturated rings. The number of amides is 2. The summed E-state index contributed by atoms with van der Waals surface area (Å²) < 4.78 is 1.41. The predicted molar refractivity (Wildman–Crippen MR) is 108 cm³/mol. The number of aromatic nitrogens is 3. The Kier molecular flexibility index (Phi) is 4.97. The van der Waals surface area contributed by atoms with Crippen LogP contribution in [0.5, 0.6) is 0 Å². The Labute approximate surface area is 174 Å². The molecule has 1 unspecified atom stereocenters. The minimum atomic E-state index is -0.811. The minimum Gasteiger partial charge on any atom is -0.325 e. The van der Waals surface area contributed by atoms with Crippen molar-refractivity contribution in [2.45, 2.75) is 12.5 Å². The molecule has 0 spiro atoms. The third-order valence-corrected chi connectivity index (χ3v) is 4.95. The quantitative estimate of drug-likeness (QED) is 0.633. The lowest BCUT2D eigenvalue weighted by molar-refractivity contribution is -0.123. The van der Waals surface area contributed by atoms with E-state index in [9.17, 15) is 9.59 Å². The van der Waals surface area contributed by atoms with Crippen molar-refractivity contribution in [3.63, 3.8) is 0 Å². The van der Waals surface area contributed by atoms with Gasteiger partial charge in [0, 0.05) is 15.6 Å². The van der Waals surface area contributed by atoms with Gasteiger partial charge in [0.15, 0.2) is 5.82 Å². The Bertz CT molecular complexity index is 1080. The normalized spacial score (nSPS) is 15.2. The zero-order valence-electron chi connectivity index (χ0n) is 14.1. The van der Waals surface area contributed by atoms with Crippen LogP contribution in [0.1, 0.15) is 12.5 Å². The second-order valence-electron chi connectivity index (χ2n) is 6.09. The maximum Gasteiger partial charge on any atom is 0.252 e. The number of halogens is 3. The summed E-state index contributed by atoms with van der Waals surface area (Å²) in [6.45, 7) is 0. The summed E-state index contributed by atoms with van der Waals surface area (Å²) in [5, 5.41) is 11.0. The number of carbonyl (C=O) groups is 2. The molecule has 28 heavy (non-hydrogen) atoms. The van der Waals surface area contributed by atoms with Crippen LogP contribution in [0.15, 0.2) is 42.5 Å². The van der Waals surface area contributed by atoms with E-state index in [1.165, 1.54) is 10.7 Å². The van der Waals surface area contributed by atoms with E-state index in [1.54, 1.807) is 36.4 Å². The van der Waals surface area contributed by atoms with Crippen LogP contribution in [0.4, 0.5) is 11.6 Å². The first-order valence-electron chi connectivity index (χ1n) is 8.19. The summed E-state index contributed by atoms with van der Waals surface area (Å²) in [5.41, 5.74) is 1.16. The molecule has 4 rings (SSSR count). The molecule has 0 saturated carbocycles. The molecule has 0 bridgehead atoms. The lowest BCUT2D eigenvalue weighted by atomic mass is 10.2. The molecule has 2 aromatic carbocycles. The molecule has 0 saturated heterocycles. The molecule has 0 radical (unpaired) electrons. The summed E-state index contributed by atoms with van der Waals surface area (Å²) in [4.78, 5) is 29.0. The number of anilines is 2. The number of fused-ring (bicyclic) bond motifs is 1. The lowest BCUT2D eigenvalue weighted by Crippen LogP contribution is -2.23. The molecule has 7 nitrogen and oxygen atoms in total. The van der Waals surface area contributed by atoms with Gasteiger partial charge in [-0.25, -0.2) is 4.68 Å². The van der Waals surface area contributed by atoms with Gasteiger partial charge < -0.3 is 5.32 Å². The summed E-state index contributed by atoms with van der Waals surface area (Å²) in [7, 11) is 0. The van der Waals surface area contributed by atoms with Crippen molar-refractivity contribution in [3.05, 3.63) is 57.5 Å². The van der Waals surface area contributed by atoms with E-state index in [0.29, 0.717) is 26.6 Å². The van der Waals surface area contributed by atoms with E-state index in [4.69, 9.17) is 34.8 Å². The molecular formula is C18H12Cl3N5O2. The average Bonchev–Trinajstić information content (AvgIpc) is 3.17. The van der Waals surface area contributed by atoms with Gasteiger partial charge in [-0.1, -0.05) is 34.8 Å². The van der Waals surface area contributed by atoms with Gasteiger partial charge >= 0.3 is 0 Å². The molecule has 1 aromatic heterocycles. The molecule has 1 atom stereocenters. The average molecular weight is 437 g/mol. The van der Waals surface area contributed by atoms with Crippen LogP contribution in [0.3, 0.4) is 0 Å². The summed E-state index contributed by atoms with van der Waals surface area (Å²) in [6.07, 6.45) is -0.124. The number of hydrogen-bond acceptors (Lipinski definition) is 4. The van der Waals surface area contributed by atoms with Crippen LogP contribution in [0.2, 0.25) is 15.1 Å². The number of carbonyl (C=O) groups excluding carboxylic acids is 2. The zero-order valence-corrected chi connectivity index (χ0v) is 16.4. The van der Waals surface area contributed by atoms with E-state index < -0.39 is 6.04 Å². The van der Waals surface area contributed by atoms with Gasteiger partial charge in [0.2, 0.25) is 11.9 Å². The Balaban J connectivity index is 1.52. The van der Waals surface area contributed by atoms with E-state index in [0.717, 1.165) is 5.56 Å². The van der Waals surface area contributed by atoms with Gasteiger partial charge in [-0.05, 0) is 42.5 Å². The monoisotopic (exact) mass is 435 g/mol. The predicted octanol–water partition coefficient (Wildman–Crippen LogP) is 4.43. The molecule has 0 aliphatic carbocycles. The first kappa shape index (κ1) is 18.7. The SMILES string of the molecule is O=C(CC1C(=O)Nc2nc(-c3ccc(Cl)cc3)nn21)Nc1ccc(Cl)cc1Cl. The van der Waals surface area contributed by atoms with Crippen LogP contribution in [-0.4, -0.2) is 26.6 Å². The fourth-order valence-corrected chi connectivity index (χ4v) is 3.38. The van der Waals surface area contributed by atoms with Crippen molar-refractivity contribution < 1.29 is 9.59 Å². The van der Waals surface area contributed by atoms with E-state index >= 15 is 0 Å².